The van der Waals surface area contributed by atoms with Crippen molar-refractivity contribution in [1.29, 1.82) is 5.26 Å². The number of oxazole rings is 1. The number of hydrogen-bond acceptors (Lipinski definition) is 6. The third-order valence-electron chi connectivity index (χ3n) is 4.54. The molecule has 0 aliphatic carbocycles. The summed E-state index contributed by atoms with van der Waals surface area (Å²) in [5.74, 6) is 2.47. The Hall–Kier alpha value is -2.36. The van der Waals surface area contributed by atoms with E-state index >= 15 is 0 Å². The van der Waals surface area contributed by atoms with Gasteiger partial charge in [-0.1, -0.05) is 6.07 Å². The molecule has 2 heterocycles. The first-order chi connectivity index (χ1) is 12.1. The summed E-state index contributed by atoms with van der Waals surface area (Å²) in [7, 11) is 0. The van der Waals surface area contributed by atoms with Crippen molar-refractivity contribution >= 4 is 0 Å². The Bertz CT molecular complexity index is 723. The summed E-state index contributed by atoms with van der Waals surface area (Å²) in [4.78, 5) is 9.23. The first-order valence-corrected chi connectivity index (χ1v) is 8.64. The van der Waals surface area contributed by atoms with Gasteiger partial charge in [0.1, 0.15) is 18.1 Å². The van der Waals surface area contributed by atoms with Crippen LogP contribution in [-0.4, -0.2) is 54.1 Å². The van der Waals surface area contributed by atoms with Gasteiger partial charge in [-0.05, 0) is 32.0 Å². The van der Waals surface area contributed by atoms with Gasteiger partial charge >= 0.3 is 0 Å². The molecule has 1 aliphatic heterocycles. The van der Waals surface area contributed by atoms with Crippen molar-refractivity contribution < 1.29 is 9.15 Å². The minimum Gasteiger partial charge on any atom is -0.492 e. The van der Waals surface area contributed by atoms with E-state index in [-0.39, 0.29) is 0 Å². The number of aromatic nitrogens is 1. The molecule has 0 spiro atoms. The predicted octanol–water partition coefficient (Wildman–Crippen LogP) is 2.36. The monoisotopic (exact) mass is 340 g/mol. The summed E-state index contributed by atoms with van der Waals surface area (Å²) in [6.07, 6.45) is 0. The molecule has 6 heteroatoms. The average molecular weight is 340 g/mol. The van der Waals surface area contributed by atoms with Crippen LogP contribution in [0.1, 0.15) is 22.9 Å². The molecule has 1 saturated heterocycles. The van der Waals surface area contributed by atoms with Gasteiger partial charge in [-0.15, -0.1) is 0 Å². The second kappa shape index (κ2) is 8.15. The van der Waals surface area contributed by atoms with Crippen LogP contribution < -0.4 is 4.74 Å². The van der Waals surface area contributed by atoms with E-state index in [2.05, 4.69) is 20.9 Å². The van der Waals surface area contributed by atoms with Gasteiger partial charge in [0.15, 0.2) is 0 Å². The van der Waals surface area contributed by atoms with E-state index in [9.17, 15) is 0 Å². The largest absolute Gasteiger partial charge is 0.492 e. The molecule has 0 N–H and O–H groups in total. The summed E-state index contributed by atoms with van der Waals surface area (Å²) >= 11 is 0. The Kier molecular flexibility index (Phi) is 5.69. The van der Waals surface area contributed by atoms with Crippen molar-refractivity contribution in [3.63, 3.8) is 0 Å². The van der Waals surface area contributed by atoms with Crippen LogP contribution >= 0.6 is 0 Å². The lowest BCUT2D eigenvalue weighted by molar-refractivity contribution is 0.106. The Morgan fingerprint density at radius 1 is 1.20 bits per heavy atom. The molecule has 1 aromatic heterocycles. The number of benzene rings is 1. The van der Waals surface area contributed by atoms with E-state index in [1.807, 2.05) is 26.0 Å². The maximum Gasteiger partial charge on any atom is 0.208 e. The van der Waals surface area contributed by atoms with Crippen LogP contribution in [-0.2, 0) is 6.54 Å². The van der Waals surface area contributed by atoms with Gasteiger partial charge in [-0.3, -0.25) is 9.80 Å². The Morgan fingerprint density at radius 3 is 2.64 bits per heavy atom. The van der Waals surface area contributed by atoms with Gasteiger partial charge in [0.05, 0.1) is 23.9 Å². The molecule has 0 radical (unpaired) electrons. The first kappa shape index (κ1) is 17.5. The standard InChI is InChI=1S/C19H24N4O2/c1-15-16(2)25-19(21-15)14-23-8-6-22(7-9-23)10-11-24-18-5-3-4-17(12-18)13-20/h3-5,12H,6-11,14H2,1-2H3. The number of nitrogens with zero attached hydrogens (tertiary/aromatic N) is 4. The number of aryl methyl sites for hydroxylation is 2. The average Bonchev–Trinajstić information content (AvgIpc) is 2.94. The maximum atomic E-state index is 8.91. The fourth-order valence-electron chi connectivity index (χ4n) is 2.92. The fourth-order valence-corrected chi connectivity index (χ4v) is 2.92. The van der Waals surface area contributed by atoms with Crippen LogP contribution in [0.4, 0.5) is 0 Å². The van der Waals surface area contributed by atoms with E-state index in [1.54, 1.807) is 12.1 Å². The second-order valence-electron chi connectivity index (χ2n) is 6.36. The summed E-state index contributed by atoms with van der Waals surface area (Å²) in [6.45, 7) is 10.3. The maximum absolute atomic E-state index is 8.91. The first-order valence-electron chi connectivity index (χ1n) is 8.64. The van der Waals surface area contributed by atoms with E-state index in [0.29, 0.717) is 12.2 Å². The second-order valence-corrected chi connectivity index (χ2v) is 6.36. The van der Waals surface area contributed by atoms with E-state index in [4.69, 9.17) is 14.4 Å². The highest BCUT2D eigenvalue weighted by molar-refractivity contribution is 5.36. The van der Waals surface area contributed by atoms with Crippen molar-refractivity contribution in [2.24, 2.45) is 0 Å². The van der Waals surface area contributed by atoms with Crippen molar-refractivity contribution in [2.45, 2.75) is 20.4 Å². The molecule has 3 rings (SSSR count). The van der Waals surface area contributed by atoms with E-state index in [1.165, 1.54) is 0 Å². The number of hydrogen-bond donors (Lipinski definition) is 0. The van der Waals surface area contributed by atoms with Gasteiger partial charge in [0, 0.05) is 32.7 Å². The highest BCUT2D eigenvalue weighted by Crippen LogP contribution is 2.14. The fraction of sp³-hybridized carbons (Fsp3) is 0.474. The summed E-state index contributed by atoms with van der Waals surface area (Å²) in [6, 6.07) is 9.42. The normalized spacial score (nSPS) is 15.9. The van der Waals surface area contributed by atoms with Crippen LogP contribution in [0.3, 0.4) is 0 Å². The zero-order chi connectivity index (χ0) is 17.6. The Balaban J connectivity index is 1.38. The van der Waals surface area contributed by atoms with Crippen molar-refractivity contribution in [2.75, 3.05) is 39.3 Å². The summed E-state index contributed by atoms with van der Waals surface area (Å²) < 4.78 is 11.4. The van der Waals surface area contributed by atoms with Gasteiger partial charge in [-0.2, -0.15) is 5.26 Å². The number of ether oxygens (including phenoxy) is 1. The minimum atomic E-state index is 0.628. The smallest absolute Gasteiger partial charge is 0.208 e. The molecule has 25 heavy (non-hydrogen) atoms. The van der Waals surface area contributed by atoms with E-state index in [0.717, 1.165) is 62.4 Å². The lowest BCUT2D eigenvalue weighted by Crippen LogP contribution is -2.47. The lowest BCUT2D eigenvalue weighted by Gasteiger charge is -2.33. The number of rotatable bonds is 6. The third-order valence-corrected chi connectivity index (χ3v) is 4.54. The molecule has 1 fully saturated rings. The van der Waals surface area contributed by atoms with Gasteiger partial charge in [-0.25, -0.2) is 4.98 Å². The SMILES string of the molecule is Cc1nc(CN2CCN(CCOc3cccc(C#N)c3)CC2)oc1C. The number of nitriles is 1. The zero-order valence-electron chi connectivity index (χ0n) is 14.9. The van der Waals surface area contributed by atoms with Crippen LogP contribution in [0.5, 0.6) is 5.75 Å². The molecule has 1 aliphatic rings. The van der Waals surface area contributed by atoms with Crippen LogP contribution in [0.15, 0.2) is 28.7 Å². The summed E-state index contributed by atoms with van der Waals surface area (Å²) in [5.41, 5.74) is 1.61. The van der Waals surface area contributed by atoms with Crippen LogP contribution in [0.25, 0.3) is 0 Å². The molecule has 0 amide bonds. The molecule has 0 atom stereocenters. The molecule has 132 valence electrons. The highest BCUT2D eigenvalue weighted by atomic mass is 16.5. The lowest BCUT2D eigenvalue weighted by atomic mass is 10.2. The molecule has 0 unspecified atom stereocenters. The molecule has 2 aromatic rings. The van der Waals surface area contributed by atoms with Crippen molar-refractivity contribution in [3.8, 4) is 11.8 Å². The minimum absolute atomic E-state index is 0.628. The van der Waals surface area contributed by atoms with Gasteiger partial charge in [0.25, 0.3) is 0 Å². The van der Waals surface area contributed by atoms with E-state index < -0.39 is 0 Å². The zero-order valence-corrected chi connectivity index (χ0v) is 14.9. The Morgan fingerprint density at radius 2 is 1.96 bits per heavy atom. The van der Waals surface area contributed by atoms with Crippen LogP contribution in [0, 0.1) is 25.2 Å². The Labute approximate surface area is 148 Å². The predicted molar refractivity (Wildman–Crippen MR) is 94.3 cm³/mol. The molecular weight excluding hydrogens is 316 g/mol. The third kappa shape index (κ3) is 4.81. The summed E-state index contributed by atoms with van der Waals surface area (Å²) in [5, 5.41) is 8.91. The van der Waals surface area contributed by atoms with Gasteiger partial charge < -0.3 is 9.15 Å². The topological polar surface area (TPSA) is 65.5 Å². The van der Waals surface area contributed by atoms with Gasteiger partial charge in [0.2, 0.25) is 5.89 Å². The van der Waals surface area contributed by atoms with Crippen molar-refractivity contribution in [3.05, 3.63) is 47.2 Å². The molecular formula is C19H24N4O2. The molecule has 0 saturated carbocycles. The van der Waals surface area contributed by atoms with Crippen LogP contribution in [0.2, 0.25) is 0 Å². The molecule has 0 bridgehead atoms. The molecule has 1 aromatic carbocycles. The molecule has 6 nitrogen and oxygen atoms in total. The van der Waals surface area contributed by atoms with Crippen molar-refractivity contribution in [1.82, 2.24) is 14.8 Å². The quantitative estimate of drug-likeness (QED) is 0.804. The highest BCUT2D eigenvalue weighted by Gasteiger charge is 2.18. The number of piperazine rings is 1.